The molecule has 0 aliphatic heterocycles. The summed E-state index contributed by atoms with van der Waals surface area (Å²) >= 11 is 5.72. The molecule has 0 heterocycles. The van der Waals surface area contributed by atoms with Crippen molar-refractivity contribution in [2.45, 2.75) is 6.42 Å². The van der Waals surface area contributed by atoms with Crippen LogP contribution in [-0.4, -0.2) is 37.5 Å². The Morgan fingerprint density at radius 3 is 2.50 bits per heavy atom. The second kappa shape index (κ2) is 9.42. The predicted molar refractivity (Wildman–Crippen MR) is 81.2 cm³/mol. The van der Waals surface area contributed by atoms with Crippen LogP contribution in [0.2, 0.25) is 5.02 Å². The van der Waals surface area contributed by atoms with E-state index in [9.17, 15) is 14.4 Å². The first-order valence-electron chi connectivity index (χ1n) is 6.42. The second-order valence-electron chi connectivity index (χ2n) is 4.15. The molecule has 116 valence electrons. The summed E-state index contributed by atoms with van der Waals surface area (Å²) < 4.78 is 4.72. The number of amides is 2. The molecule has 1 rings (SSSR count). The zero-order valence-electron chi connectivity index (χ0n) is 11.7. The van der Waals surface area contributed by atoms with Gasteiger partial charge in [-0.25, -0.2) is 0 Å². The summed E-state index contributed by atoms with van der Waals surface area (Å²) in [5.41, 5.74) is 0.437. The minimum absolute atomic E-state index is 0.0399. The van der Waals surface area contributed by atoms with Gasteiger partial charge in [-0.3, -0.25) is 14.4 Å². The SMILES string of the molecule is C#CCNC(=O)COC(=O)CCNC(=O)c1ccc(Cl)cc1. The number of nitrogens with one attached hydrogen (secondary N) is 2. The number of terminal acetylenes is 1. The standard InChI is InChI=1S/C15H15ClN2O4/c1-2-8-17-13(19)10-22-14(20)7-9-18-15(21)11-3-5-12(16)6-4-11/h1,3-6H,7-10H2,(H,17,19)(H,18,21). The highest BCUT2D eigenvalue weighted by Gasteiger charge is 2.09. The van der Waals surface area contributed by atoms with E-state index < -0.39 is 18.5 Å². The van der Waals surface area contributed by atoms with Crippen molar-refractivity contribution in [2.24, 2.45) is 0 Å². The molecule has 0 bridgehead atoms. The molecule has 1 aromatic rings. The van der Waals surface area contributed by atoms with E-state index >= 15 is 0 Å². The fraction of sp³-hybridized carbons (Fsp3) is 0.267. The molecule has 22 heavy (non-hydrogen) atoms. The van der Waals surface area contributed by atoms with E-state index in [1.807, 2.05) is 0 Å². The van der Waals surface area contributed by atoms with Gasteiger partial charge in [-0.15, -0.1) is 6.42 Å². The molecule has 0 radical (unpaired) electrons. The first-order valence-corrected chi connectivity index (χ1v) is 6.80. The Labute approximate surface area is 133 Å². The Kier molecular flexibility index (Phi) is 7.51. The van der Waals surface area contributed by atoms with Crippen molar-refractivity contribution in [2.75, 3.05) is 19.7 Å². The lowest BCUT2D eigenvalue weighted by Gasteiger charge is -2.06. The lowest BCUT2D eigenvalue weighted by Crippen LogP contribution is -2.30. The third kappa shape index (κ3) is 6.77. The van der Waals surface area contributed by atoms with Gasteiger partial charge >= 0.3 is 5.97 Å². The Morgan fingerprint density at radius 2 is 1.86 bits per heavy atom. The number of esters is 1. The van der Waals surface area contributed by atoms with Crippen LogP contribution in [0.3, 0.4) is 0 Å². The third-order valence-corrected chi connectivity index (χ3v) is 2.72. The molecule has 7 heteroatoms. The summed E-state index contributed by atoms with van der Waals surface area (Å²) in [4.78, 5) is 34.2. The Hall–Kier alpha value is -2.52. The molecule has 0 saturated carbocycles. The molecule has 0 atom stereocenters. The number of benzene rings is 1. The van der Waals surface area contributed by atoms with E-state index in [1.165, 1.54) is 0 Å². The summed E-state index contributed by atoms with van der Waals surface area (Å²) in [5, 5.41) is 5.45. The minimum atomic E-state index is -0.590. The Morgan fingerprint density at radius 1 is 1.18 bits per heavy atom. The lowest BCUT2D eigenvalue weighted by atomic mass is 10.2. The Bertz CT molecular complexity index is 578. The number of carbonyl (C=O) groups is 3. The lowest BCUT2D eigenvalue weighted by molar-refractivity contribution is -0.148. The van der Waals surface area contributed by atoms with Gasteiger partial charge in [0.15, 0.2) is 6.61 Å². The number of hydrogen-bond donors (Lipinski definition) is 2. The number of ether oxygens (including phenoxy) is 1. The molecule has 2 N–H and O–H groups in total. The zero-order valence-corrected chi connectivity index (χ0v) is 12.5. The highest BCUT2D eigenvalue weighted by atomic mass is 35.5. The third-order valence-electron chi connectivity index (χ3n) is 2.47. The van der Waals surface area contributed by atoms with Crippen molar-refractivity contribution in [1.82, 2.24) is 10.6 Å². The van der Waals surface area contributed by atoms with Crippen molar-refractivity contribution in [3.63, 3.8) is 0 Å². The molecule has 6 nitrogen and oxygen atoms in total. The van der Waals surface area contributed by atoms with Crippen LogP contribution in [-0.2, 0) is 14.3 Å². The first-order chi connectivity index (χ1) is 10.5. The van der Waals surface area contributed by atoms with E-state index in [0.29, 0.717) is 10.6 Å². The number of halogens is 1. The van der Waals surface area contributed by atoms with Crippen molar-refractivity contribution >= 4 is 29.4 Å². The number of hydrogen-bond acceptors (Lipinski definition) is 4. The van der Waals surface area contributed by atoms with Gasteiger partial charge in [0.2, 0.25) is 0 Å². The summed E-state index contributed by atoms with van der Waals surface area (Å²) in [6.45, 7) is -0.217. The molecular formula is C15H15ClN2O4. The minimum Gasteiger partial charge on any atom is -0.456 e. The summed E-state index contributed by atoms with van der Waals surface area (Å²) in [5.74, 6) is 0.835. The van der Waals surface area contributed by atoms with Gasteiger partial charge in [0.05, 0.1) is 13.0 Å². The molecule has 2 amide bonds. The Balaban J connectivity index is 2.22. The van der Waals surface area contributed by atoms with Crippen LogP contribution in [0.1, 0.15) is 16.8 Å². The molecule has 0 unspecified atom stereocenters. The smallest absolute Gasteiger partial charge is 0.308 e. The van der Waals surface area contributed by atoms with E-state index in [2.05, 4.69) is 16.6 Å². The van der Waals surface area contributed by atoms with Crippen LogP contribution >= 0.6 is 11.6 Å². The largest absolute Gasteiger partial charge is 0.456 e. The fourth-order valence-electron chi connectivity index (χ4n) is 1.40. The van der Waals surface area contributed by atoms with Crippen LogP contribution in [0.15, 0.2) is 24.3 Å². The topological polar surface area (TPSA) is 84.5 Å². The van der Waals surface area contributed by atoms with Crippen LogP contribution in [0.25, 0.3) is 0 Å². The normalized spacial score (nSPS) is 9.45. The molecule has 1 aromatic carbocycles. The van der Waals surface area contributed by atoms with Gasteiger partial charge in [0, 0.05) is 17.1 Å². The molecular weight excluding hydrogens is 308 g/mol. The number of rotatable bonds is 7. The fourth-order valence-corrected chi connectivity index (χ4v) is 1.53. The molecule has 0 fully saturated rings. The highest BCUT2D eigenvalue weighted by molar-refractivity contribution is 6.30. The maximum Gasteiger partial charge on any atom is 0.308 e. The van der Waals surface area contributed by atoms with Gasteiger partial charge in [-0.2, -0.15) is 0 Å². The summed E-state index contributed by atoms with van der Waals surface area (Å²) in [6.07, 6.45) is 4.92. The molecule has 0 saturated heterocycles. The van der Waals surface area contributed by atoms with Crippen molar-refractivity contribution in [3.05, 3.63) is 34.9 Å². The van der Waals surface area contributed by atoms with Crippen molar-refractivity contribution in [3.8, 4) is 12.3 Å². The van der Waals surface area contributed by atoms with Crippen LogP contribution < -0.4 is 10.6 Å². The molecule has 0 aromatic heterocycles. The number of carbonyl (C=O) groups excluding carboxylic acids is 3. The van der Waals surface area contributed by atoms with Gasteiger partial charge in [-0.1, -0.05) is 17.5 Å². The van der Waals surface area contributed by atoms with E-state index in [-0.39, 0.29) is 25.4 Å². The summed E-state index contributed by atoms with van der Waals surface area (Å²) in [6, 6.07) is 6.34. The van der Waals surface area contributed by atoms with Gasteiger partial charge in [-0.05, 0) is 24.3 Å². The average Bonchev–Trinajstić information content (AvgIpc) is 2.51. The van der Waals surface area contributed by atoms with E-state index in [1.54, 1.807) is 24.3 Å². The van der Waals surface area contributed by atoms with Gasteiger partial charge in [0.1, 0.15) is 0 Å². The van der Waals surface area contributed by atoms with Gasteiger partial charge in [0.25, 0.3) is 11.8 Å². The highest BCUT2D eigenvalue weighted by Crippen LogP contribution is 2.09. The molecule has 0 aliphatic carbocycles. The maximum atomic E-state index is 11.7. The van der Waals surface area contributed by atoms with Gasteiger partial charge < -0.3 is 15.4 Å². The zero-order chi connectivity index (χ0) is 16.4. The predicted octanol–water partition coefficient (Wildman–Crippen LogP) is 0.752. The van der Waals surface area contributed by atoms with E-state index in [0.717, 1.165) is 0 Å². The van der Waals surface area contributed by atoms with E-state index in [4.69, 9.17) is 22.8 Å². The van der Waals surface area contributed by atoms with Crippen LogP contribution in [0.4, 0.5) is 0 Å². The van der Waals surface area contributed by atoms with Crippen molar-refractivity contribution < 1.29 is 19.1 Å². The monoisotopic (exact) mass is 322 g/mol. The maximum absolute atomic E-state index is 11.7. The second-order valence-corrected chi connectivity index (χ2v) is 4.59. The van der Waals surface area contributed by atoms with Crippen LogP contribution in [0, 0.1) is 12.3 Å². The van der Waals surface area contributed by atoms with Crippen molar-refractivity contribution in [1.29, 1.82) is 0 Å². The molecule has 0 spiro atoms. The molecule has 0 aliphatic rings. The summed E-state index contributed by atoms with van der Waals surface area (Å²) in [7, 11) is 0. The first kappa shape index (κ1) is 17.5. The quantitative estimate of drug-likeness (QED) is 0.573. The average molecular weight is 323 g/mol. The van der Waals surface area contributed by atoms with Crippen LogP contribution in [0.5, 0.6) is 0 Å².